The number of H-pyrrole nitrogens is 1. The number of aromatic hydroxyl groups is 1. The molecule has 4 aromatic rings. The minimum absolute atomic E-state index is 0.00672. The molecule has 32 heavy (non-hydrogen) atoms. The third-order valence-electron chi connectivity index (χ3n) is 4.61. The summed E-state index contributed by atoms with van der Waals surface area (Å²) in [6.07, 6.45) is 1.48. The Kier molecular flexibility index (Phi) is 6.77. The number of imidazole rings is 1. The predicted molar refractivity (Wildman–Crippen MR) is 130 cm³/mol. The van der Waals surface area contributed by atoms with Gasteiger partial charge >= 0.3 is 0 Å². The fraction of sp³-hybridized carbons (Fsp3) is 0.0870. The maximum atomic E-state index is 12.4. The van der Waals surface area contributed by atoms with Crippen LogP contribution in [0.2, 0.25) is 0 Å². The van der Waals surface area contributed by atoms with Gasteiger partial charge in [0.2, 0.25) is 0 Å². The number of rotatable bonds is 7. The Bertz CT molecular complexity index is 1260. The fourth-order valence-corrected chi connectivity index (χ4v) is 4.26. The summed E-state index contributed by atoms with van der Waals surface area (Å²) in [6.45, 7) is 0. The number of halogens is 1. The predicted octanol–water partition coefficient (Wildman–Crippen LogP) is 5.10. The highest BCUT2D eigenvalue weighted by Gasteiger charge is 2.09. The molecule has 0 aliphatic rings. The minimum Gasteiger partial charge on any atom is -0.503 e. The van der Waals surface area contributed by atoms with Crippen molar-refractivity contribution < 1.29 is 14.6 Å². The molecule has 0 bridgehead atoms. The first-order valence-electron chi connectivity index (χ1n) is 9.60. The highest BCUT2D eigenvalue weighted by Crippen LogP contribution is 2.34. The second kappa shape index (κ2) is 9.88. The van der Waals surface area contributed by atoms with E-state index in [1.165, 1.54) is 13.3 Å². The van der Waals surface area contributed by atoms with Crippen molar-refractivity contribution in [3.63, 3.8) is 0 Å². The molecule has 1 amide bonds. The Morgan fingerprint density at radius 1 is 1.25 bits per heavy atom. The molecule has 3 aromatic carbocycles. The van der Waals surface area contributed by atoms with Gasteiger partial charge < -0.3 is 14.8 Å². The zero-order valence-electron chi connectivity index (χ0n) is 17.0. The average Bonchev–Trinajstić information content (AvgIpc) is 3.23. The highest BCUT2D eigenvalue weighted by molar-refractivity contribution is 9.10. The van der Waals surface area contributed by atoms with Crippen molar-refractivity contribution >= 4 is 50.8 Å². The molecular formula is C23H19BrN4O3S. The van der Waals surface area contributed by atoms with E-state index in [9.17, 15) is 9.90 Å². The lowest BCUT2D eigenvalue weighted by Crippen LogP contribution is -2.17. The minimum atomic E-state index is -0.317. The lowest BCUT2D eigenvalue weighted by Gasteiger charge is -2.06. The van der Waals surface area contributed by atoms with Gasteiger partial charge in [-0.2, -0.15) is 5.10 Å². The first-order chi connectivity index (χ1) is 15.5. The summed E-state index contributed by atoms with van der Waals surface area (Å²) in [7, 11) is 1.46. The molecule has 3 N–H and O–H groups in total. The van der Waals surface area contributed by atoms with Crippen LogP contribution in [0.4, 0.5) is 0 Å². The number of amides is 1. The number of benzene rings is 3. The van der Waals surface area contributed by atoms with E-state index in [1.807, 2.05) is 36.4 Å². The van der Waals surface area contributed by atoms with Gasteiger partial charge in [0, 0.05) is 11.3 Å². The molecule has 4 rings (SSSR count). The number of phenols is 1. The van der Waals surface area contributed by atoms with E-state index >= 15 is 0 Å². The van der Waals surface area contributed by atoms with Gasteiger partial charge in [0.25, 0.3) is 5.91 Å². The number of nitrogens with zero attached hydrogens (tertiary/aromatic N) is 2. The van der Waals surface area contributed by atoms with Crippen LogP contribution in [0.3, 0.4) is 0 Å². The molecule has 7 nitrogen and oxygen atoms in total. The maximum absolute atomic E-state index is 12.4. The molecule has 0 saturated heterocycles. The average molecular weight is 511 g/mol. The Balaban J connectivity index is 1.33. The van der Waals surface area contributed by atoms with Crippen LogP contribution in [0, 0.1) is 0 Å². The molecular weight excluding hydrogens is 492 g/mol. The molecule has 0 saturated carbocycles. The largest absolute Gasteiger partial charge is 0.503 e. The third kappa shape index (κ3) is 5.12. The van der Waals surface area contributed by atoms with E-state index in [1.54, 1.807) is 36.0 Å². The summed E-state index contributed by atoms with van der Waals surface area (Å²) >= 11 is 4.86. The highest BCUT2D eigenvalue weighted by atomic mass is 79.9. The zero-order chi connectivity index (χ0) is 22.5. The first kappa shape index (κ1) is 21.9. The van der Waals surface area contributed by atoms with E-state index in [-0.39, 0.29) is 11.7 Å². The van der Waals surface area contributed by atoms with Crippen molar-refractivity contribution in [3.05, 3.63) is 81.8 Å². The molecule has 9 heteroatoms. The number of carbonyl (C=O) groups excluding carboxylic acids is 1. The summed E-state index contributed by atoms with van der Waals surface area (Å²) in [4.78, 5) is 20.2. The third-order valence-corrected chi connectivity index (χ3v) is 6.16. The van der Waals surface area contributed by atoms with Crippen LogP contribution >= 0.6 is 27.7 Å². The van der Waals surface area contributed by atoms with E-state index < -0.39 is 0 Å². The van der Waals surface area contributed by atoms with Gasteiger partial charge in [-0.15, -0.1) is 0 Å². The van der Waals surface area contributed by atoms with Crippen LogP contribution in [0.1, 0.15) is 21.5 Å². The van der Waals surface area contributed by atoms with Crippen LogP contribution in [0.15, 0.2) is 75.4 Å². The normalized spacial score (nSPS) is 11.2. The number of phenolic OH excluding ortho intramolecular Hbond substituents is 1. The van der Waals surface area contributed by atoms with Gasteiger partial charge in [0.15, 0.2) is 16.7 Å². The van der Waals surface area contributed by atoms with E-state index in [2.05, 4.69) is 36.4 Å². The van der Waals surface area contributed by atoms with Crippen LogP contribution in [0.5, 0.6) is 11.5 Å². The SMILES string of the molecule is COc1cc(/C=N/NC(=O)c2ccc(CSc3nc4ccccc4[nH]3)cc2)cc(Br)c1O. The summed E-state index contributed by atoms with van der Waals surface area (Å²) in [5, 5.41) is 14.7. The number of hydrogen-bond donors (Lipinski definition) is 3. The van der Waals surface area contributed by atoms with Crippen molar-refractivity contribution in [2.24, 2.45) is 5.10 Å². The fourth-order valence-electron chi connectivity index (χ4n) is 2.96. The van der Waals surface area contributed by atoms with Crippen LogP contribution in [-0.4, -0.2) is 34.3 Å². The van der Waals surface area contributed by atoms with Crippen molar-refractivity contribution in [1.29, 1.82) is 0 Å². The first-order valence-corrected chi connectivity index (χ1v) is 11.4. The van der Waals surface area contributed by atoms with Gasteiger partial charge in [-0.3, -0.25) is 4.79 Å². The molecule has 0 fully saturated rings. The van der Waals surface area contributed by atoms with E-state index in [0.29, 0.717) is 21.3 Å². The zero-order valence-corrected chi connectivity index (χ0v) is 19.4. The van der Waals surface area contributed by atoms with Gasteiger partial charge in [0.05, 0.1) is 28.8 Å². The molecule has 0 unspecified atom stereocenters. The number of ether oxygens (including phenoxy) is 1. The van der Waals surface area contributed by atoms with Crippen LogP contribution in [0.25, 0.3) is 11.0 Å². The van der Waals surface area contributed by atoms with E-state index in [4.69, 9.17) is 4.74 Å². The number of nitrogens with one attached hydrogen (secondary N) is 2. The Labute approximate surface area is 197 Å². The molecule has 0 atom stereocenters. The number of fused-ring (bicyclic) bond motifs is 1. The van der Waals surface area contributed by atoms with Gasteiger partial charge in [-0.1, -0.05) is 36.0 Å². The van der Waals surface area contributed by atoms with Crippen LogP contribution < -0.4 is 10.2 Å². The van der Waals surface area contributed by atoms with Gasteiger partial charge in [-0.25, -0.2) is 10.4 Å². The monoisotopic (exact) mass is 510 g/mol. The molecule has 0 spiro atoms. The second-order valence-electron chi connectivity index (χ2n) is 6.80. The number of carbonyl (C=O) groups is 1. The van der Waals surface area contributed by atoms with Crippen LogP contribution in [-0.2, 0) is 5.75 Å². The molecule has 0 aliphatic carbocycles. The van der Waals surface area contributed by atoms with Crippen molar-refractivity contribution in [1.82, 2.24) is 15.4 Å². The number of hydrogen-bond acceptors (Lipinski definition) is 6. The number of para-hydroxylation sites is 2. The number of aromatic amines is 1. The van der Waals surface area contributed by atoms with Gasteiger partial charge in [0.1, 0.15) is 0 Å². The number of thioether (sulfide) groups is 1. The quantitative estimate of drug-likeness (QED) is 0.182. The lowest BCUT2D eigenvalue weighted by atomic mass is 10.1. The number of aromatic nitrogens is 2. The summed E-state index contributed by atoms with van der Waals surface area (Å²) in [6, 6.07) is 18.6. The molecule has 1 heterocycles. The summed E-state index contributed by atoms with van der Waals surface area (Å²) in [5.41, 5.74) is 6.70. The number of methoxy groups -OCH3 is 1. The number of hydrazone groups is 1. The Hall–Kier alpha value is -3.30. The van der Waals surface area contributed by atoms with Crippen molar-refractivity contribution in [3.8, 4) is 11.5 Å². The summed E-state index contributed by atoms with van der Waals surface area (Å²) in [5.74, 6) is 0.732. The second-order valence-corrected chi connectivity index (χ2v) is 8.62. The maximum Gasteiger partial charge on any atom is 0.271 e. The van der Waals surface area contributed by atoms with Crippen molar-refractivity contribution in [2.75, 3.05) is 7.11 Å². The Morgan fingerprint density at radius 2 is 2.03 bits per heavy atom. The molecule has 162 valence electrons. The standard InChI is InChI=1S/C23H19BrN4O3S/c1-31-20-11-15(10-17(24)21(20)29)12-25-28-22(30)16-8-6-14(7-9-16)13-32-23-26-18-4-2-3-5-19(18)27-23/h2-12,29H,13H2,1H3,(H,26,27)(H,28,30)/b25-12+. The lowest BCUT2D eigenvalue weighted by molar-refractivity contribution is 0.0955. The Morgan fingerprint density at radius 3 is 2.78 bits per heavy atom. The van der Waals surface area contributed by atoms with E-state index in [0.717, 1.165) is 27.5 Å². The molecule has 0 radical (unpaired) electrons. The smallest absolute Gasteiger partial charge is 0.271 e. The summed E-state index contributed by atoms with van der Waals surface area (Å²) < 4.78 is 5.57. The molecule has 1 aromatic heterocycles. The van der Waals surface area contributed by atoms with Gasteiger partial charge in [-0.05, 0) is 63.5 Å². The molecule has 0 aliphatic heterocycles. The van der Waals surface area contributed by atoms with Crippen molar-refractivity contribution in [2.45, 2.75) is 10.9 Å². The topological polar surface area (TPSA) is 99.6 Å².